The number of unbranched alkanes of at least 4 members (excludes halogenated alkanes) is 1. The van der Waals surface area contributed by atoms with Crippen molar-refractivity contribution >= 4 is 5.71 Å². The van der Waals surface area contributed by atoms with Crippen LogP contribution in [0, 0.1) is 5.82 Å². The van der Waals surface area contributed by atoms with Crippen LogP contribution in [0.2, 0.25) is 0 Å². The van der Waals surface area contributed by atoms with Crippen molar-refractivity contribution in [1.82, 2.24) is 0 Å². The third-order valence-corrected chi connectivity index (χ3v) is 3.48. The molecule has 6 heteroatoms. The van der Waals surface area contributed by atoms with Gasteiger partial charge in [-0.05, 0) is 48.9 Å². The number of hydrogen-bond acceptors (Lipinski definition) is 2. The molecule has 0 saturated heterocycles. The number of alkyl halides is 3. The molecule has 24 heavy (non-hydrogen) atoms. The summed E-state index contributed by atoms with van der Waals surface area (Å²) in [4.78, 5) is 4.33. The lowest BCUT2D eigenvalue weighted by molar-refractivity contribution is -0.137. The normalized spacial score (nSPS) is 12.5. The fourth-order valence-corrected chi connectivity index (χ4v) is 2.19. The highest BCUT2D eigenvalue weighted by atomic mass is 19.4. The quantitative estimate of drug-likeness (QED) is 0.454. The Morgan fingerprint density at radius 2 is 1.75 bits per heavy atom. The Labute approximate surface area is 137 Å². The molecule has 0 fully saturated rings. The topological polar surface area (TPSA) is 32.6 Å². The van der Waals surface area contributed by atoms with Gasteiger partial charge in [0, 0.05) is 17.7 Å². The van der Waals surface area contributed by atoms with E-state index in [0.29, 0.717) is 12.1 Å². The van der Waals surface area contributed by atoms with Crippen molar-refractivity contribution in [1.29, 1.82) is 0 Å². The van der Waals surface area contributed by atoms with Crippen LogP contribution in [-0.4, -0.2) is 17.4 Å². The predicted octanol–water partition coefficient (Wildman–Crippen LogP) is 5.19. The van der Waals surface area contributed by atoms with Gasteiger partial charge in [0.05, 0.1) is 11.3 Å². The summed E-state index contributed by atoms with van der Waals surface area (Å²) in [6.45, 7) is 2.37. The molecule has 0 aliphatic rings. The van der Waals surface area contributed by atoms with Gasteiger partial charge in [-0.3, -0.25) is 4.99 Å². The second-order valence-corrected chi connectivity index (χ2v) is 5.32. The van der Waals surface area contributed by atoms with E-state index in [1.54, 1.807) is 0 Å². The van der Waals surface area contributed by atoms with Crippen molar-refractivity contribution in [2.45, 2.75) is 25.9 Å². The minimum absolute atomic E-state index is 0.0208. The summed E-state index contributed by atoms with van der Waals surface area (Å²) < 4.78 is 52.0. The van der Waals surface area contributed by atoms with Crippen LogP contribution in [0.5, 0.6) is 5.75 Å². The zero-order valence-corrected chi connectivity index (χ0v) is 13.1. The van der Waals surface area contributed by atoms with Gasteiger partial charge in [0.15, 0.2) is 0 Å². The Morgan fingerprint density at radius 3 is 2.33 bits per heavy atom. The second-order valence-electron chi connectivity index (χ2n) is 5.32. The van der Waals surface area contributed by atoms with E-state index in [2.05, 4.69) is 4.99 Å². The summed E-state index contributed by atoms with van der Waals surface area (Å²) in [5, 5.41) is 10.0. The van der Waals surface area contributed by atoms with Crippen LogP contribution in [0.25, 0.3) is 0 Å². The molecule has 0 amide bonds. The van der Waals surface area contributed by atoms with E-state index < -0.39 is 17.6 Å². The van der Waals surface area contributed by atoms with Gasteiger partial charge >= 0.3 is 6.18 Å². The zero-order chi connectivity index (χ0) is 17.7. The Kier molecular flexibility index (Phi) is 5.59. The van der Waals surface area contributed by atoms with Crippen molar-refractivity contribution in [3.05, 3.63) is 65.0 Å². The first-order valence-corrected chi connectivity index (χ1v) is 7.54. The lowest BCUT2D eigenvalue weighted by Gasteiger charge is -2.13. The molecule has 0 aliphatic carbocycles. The maximum Gasteiger partial charge on any atom is 0.416 e. The largest absolute Gasteiger partial charge is 0.507 e. The van der Waals surface area contributed by atoms with Crippen molar-refractivity contribution in [2.75, 3.05) is 6.54 Å². The molecule has 2 aromatic rings. The van der Waals surface area contributed by atoms with Gasteiger partial charge in [0.2, 0.25) is 0 Å². The van der Waals surface area contributed by atoms with E-state index in [-0.39, 0.29) is 17.0 Å². The lowest BCUT2D eigenvalue weighted by atomic mass is 9.99. The molecule has 128 valence electrons. The van der Waals surface area contributed by atoms with Crippen LogP contribution in [-0.2, 0) is 6.18 Å². The van der Waals surface area contributed by atoms with Crippen molar-refractivity contribution in [3.8, 4) is 5.75 Å². The van der Waals surface area contributed by atoms with Gasteiger partial charge in [-0.2, -0.15) is 13.2 Å². The van der Waals surface area contributed by atoms with Crippen LogP contribution in [0.1, 0.15) is 36.5 Å². The Balaban J connectivity index is 2.55. The van der Waals surface area contributed by atoms with Crippen LogP contribution in [0.4, 0.5) is 17.6 Å². The molecule has 2 nitrogen and oxygen atoms in total. The van der Waals surface area contributed by atoms with Crippen LogP contribution < -0.4 is 0 Å². The number of nitrogens with zero attached hydrogens (tertiary/aromatic N) is 1. The second kappa shape index (κ2) is 7.47. The van der Waals surface area contributed by atoms with Crippen LogP contribution in [0.15, 0.2) is 47.5 Å². The van der Waals surface area contributed by atoms with E-state index >= 15 is 0 Å². The SMILES string of the molecule is CCCCN=C(c1ccc(F)cc1)c1cc(C(F)(F)F)ccc1O. The van der Waals surface area contributed by atoms with E-state index in [0.717, 1.165) is 31.0 Å². The number of halogens is 4. The first-order chi connectivity index (χ1) is 11.3. The molecule has 0 bridgehead atoms. The highest BCUT2D eigenvalue weighted by Gasteiger charge is 2.31. The summed E-state index contributed by atoms with van der Waals surface area (Å²) >= 11 is 0. The third kappa shape index (κ3) is 4.34. The molecule has 0 saturated carbocycles. The molecule has 1 N–H and O–H groups in total. The third-order valence-electron chi connectivity index (χ3n) is 3.48. The van der Waals surface area contributed by atoms with Gasteiger partial charge in [-0.25, -0.2) is 4.39 Å². The van der Waals surface area contributed by atoms with E-state index in [1.165, 1.54) is 24.3 Å². The van der Waals surface area contributed by atoms with Gasteiger partial charge in [-0.1, -0.05) is 13.3 Å². The summed E-state index contributed by atoms with van der Waals surface area (Å²) in [6, 6.07) is 7.94. The number of aromatic hydroxyl groups is 1. The number of hydrogen-bond donors (Lipinski definition) is 1. The number of phenolic OH excluding ortho intramolecular Hbond substituents is 1. The first-order valence-electron chi connectivity index (χ1n) is 7.54. The number of phenols is 1. The average Bonchev–Trinajstić information content (AvgIpc) is 2.53. The summed E-state index contributed by atoms with van der Waals surface area (Å²) in [6.07, 6.45) is -2.90. The van der Waals surface area contributed by atoms with E-state index in [9.17, 15) is 22.7 Å². The molecule has 2 aromatic carbocycles. The monoisotopic (exact) mass is 339 g/mol. The zero-order valence-electron chi connectivity index (χ0n) is 13.1. The maximum atomic E-state index is 13.1. The molecule has 0 radical (unpaired) electrons. The van der Waals surface area contributed by atoms with Crippen molar-refractivity contribution in [3.63, 3.8) is 0 Å². The summed E-state index contributed by atoms with van der Waals surface area (Å²) in [7, 11) is 0. The fraction of sp³-hybridized carbons (Fsp3) is 0.278. The van der Waals surface area contributed by atoms with Crippen molar-refractivity contribution in [2.24, 2.45) is 4.99 Å². The van der Waals surface area contributed by atoms with E-state index in [1.807, 2.05) is 6.92 Å². The Hall–Kier alpha value is -2.37. The maximum absolute atomic E-state index is 13.1. The highest BCUT2D eigenvalue weighted by Crippen LogP contribution is 2.33. The van der Waals surface area contributed by atoms with Gasteiger partial charge < -0.3 is 5.11 Å². The van der Waals surface area contributed by atoms with Crippen LogP contribution in [0.3, 0.4) is 0 Å². The average molecular weight is 339 g/mol. The standard InChI is InChI=1S/C18H17F4NO/c1-2-3-10-23-17(12-4-7-14(19)8-5-12)15-11-13(18(20,21)22)6-9-16(15)24/h4-9,11,24H,2-3,10H2,1H3. The van der Waals surface area contributed by atoms with E-state index in [4.69, 9.17) is 0 Å². The van der Waals surface area contributed by atoms with Crippen LogP contribution >= 0.6 is 0 Å². The molecule has 0 atom stereocenters. The highest BCUT2D eigenvalue weighted by molar-refractivity contribution is 6.14. The van der Waals surface area contributed by atoms with Gasteiger partial charge in [0.1, 0.15) is 11.6 Å². The van der Waals surface area contributed by atoms with Gasteiger partial charge in [0.25, 0.3) is 0 Å². The molecule has 0 aliphatic heterocycles. The Morgan fingerprint density at radius 1 is 1.08 bits per heavy atom. The number of benzene rings is 2. The first kappa shape index (κ1) is 18.0. The molecule has 0 unspecified atom stereocenters. The predicted molar refractivity (Wildman–Crippen MR) is 84.9 cm³/mol. The summed E-state index contributed by atoms with van der Waals surface area (Å²) in [5.74, 6) is -0.762. The minimum Gasteiger partial charge on any atom is -0.507 e. The molecule has 0 heterocycles. The lowest BCUT2D eigenvalue weighted by Crippen LogP contribution is -2.10. The molecule has 2 rings (SSSR count). The number of rotatable bonds is 5. The fourth-order valence-electron chi connectivity index (χ4n) is 2.19. The smallest absolute Gasteiger partial charge is 0.416 e. The molecular formula is C18H17F4NO. The molecule has 0 aromatic heterocycles. The minimum atomic E-state index is -4.53. The molecule has 0 spiro atoms. The summed E-state index contributed by atoms with van der Waals surface area (Å²) in [5.41, 5.74) is -0.234. The Bertz CT molecular complexity index is 721. The van der Waals surface area contributed by atoms with Gasteiger partial charge in [-0.15, -0.1) is 0 Å². The number of aliphatic imine (C=N–C) groups is 1. The van der Waals surface area contributed by atoms with Crippen molar-refractivity contribution < 1.29 is 22.7 Å². The molecular weight excluding hydrogens is 322 g/mol.